The van der Waals surface area contributed by atoms with Gasteiger partial charge in [-0.3, -0.25) is 14.6 Å². The number of nitrogens with one attached hydrogen (secondary N) is 2. The van der Waals surface area contributed by atoms with Gasteiger partial charge in [0.15, 0.2) is 5.13 Å². The number of H-pyrrole nitrogens is 1. The van der Waals surface area contributed by atoms with E-state index in [1.807, 2.05) is 41.5 Å². The third kappa shape index (κ3) is 5.18. The number of aromatic amines is 1. The van der Waals surface area contributed by atoms with E-state index in [4.69, 9.17) is 4.74 Å². The number of benzene rings is 1. The first-order valence-corrected chi connectivity index (χ1v) is 11.1. The van der Waals surface area contributed by atoms with Gasteiger partial charge in [0.1, 0.15) is 0 Å². The van der Waals surface area contributed by atoms with E-state index in [9.17, 15) is 9.59 Å². The Hall–Kier alpha value is -3.04. The van der Waals surface area contributed by atoms with Crippen LogP contribution in [0, 0.1) is 13.8 Å². The van der Waals surface area contributed by atoms with Crippen molar-refractivity contribution in [3.8, 4) is 11.3 Å². The van der Waals surface area contributed by atoms with Gasteiger partial charge >= 0.3 is 0 Å². The number of aromatic nitrogens is 3. The molecule has 0 aliphatic carbocycles. The van der Waals surface area contributed by atoms with Crippen molar-refractivity contribution in [3.63, 3.8) is 0 Å². The number of aryl methyl sites for hydroxylation is 2. The third-order valence-corrected chi connectivity index (χ3v) is 5.98. The van der Waals surface area contributed by atoms with Crippen molar-refractivity contribution in [1.29, 1.82) is 0 Å². The summed E-state index contributed by atoms with van der Waals surface area (Å²) < 4.78 is 5.34. The number of amides is 1. The van der Waals surface area contributed by atoms with Crippen LogP contribution in [0.1, 0.15) is 23.2 Å². The Morgan fingerprint density at radius 2 is 1.94 bits per heavy atom. The van der Waals surface area contributed by atoms with Crippen molar-refractivity contribution in [3.05, 3.63) is 56.8 Å². The van der Waals surface area contributed by atoms with Crippen LogP contribution in [0.4, 0.5) is 11.1 Å². The zero-order chi connectivity index (χ0) is 21.8. The summed E-state index contributed by atoms with van der Waals surface area (Å²) in [6.07, 6.45) is 0.502. The van der Waals surface area contributed by atoms with Crippen molar-refractivity contribution >= 4 is 28.3 Å². The third-order valence-electron chi connectivity index (χ3n) is 5.22. The van der Waals surface area contributed by atoms with Crippen LogP contribution < -0.4 is 15.8 Å². The van der Waals surface area contributed by atoms with E-state index < -0.39 is 0 Å². The fraction of sp³-hybridized carbons (Fsp3) is 0.364. The molecule has 8 nitrogen and oxygen atoms in total. The lowest BCUT2D eigenvalue weighted by atomic mass is 10.1. The second-order valence-electron chi connectivity index (χ2n) is 7.51. The van der Waals surface area contributed by atoms with Gasteiger partial charge in [0, 0.05) is 41.7 Å². The molecule has 1 aromatic carbocycles. The molecule has 1 fully saturated rings. The van der Waals surface area contributed by atoms with Crippen LogP contribution in [0.15, 0.2) is 34.4 Å². The topological polar surface area (TPSA) is 100 Å². The van der Waals surface area contributed by atoms with E-state index in [2.05, 4.69) is 20.3 Å². The van der Waals surface area contributed by atoms with Crippen molar-refractivity contribution in [2.24, 2.45) is 0 Å². The van der Waals surface area contributed by atoms with Crippen molar-refractivity contribution in [1.82, 2.24) is 15.0 Å². The smallest absolute Gasteiger partial charge is 0.255 e. The van der Waals surface area contributed by atoms with Gasteiger partial charge in [0.25, 0.3) is 5.56 Å². The predicted molar refractivity (Wildman–Crippen MR) is 122 cm³/mol. The van der Waals surface area contributed by atoms with Crippen LogP contribution in [0.5, 0.6) is 0 Å². The van der Waals surface area contributed by atoms with Crippen LogP contribution in [-0.2, 0) is 16.0 Å². The Kier molecular flexibility index (Phi) is 6.43. The Balaban J connectivity index is 1.36. The summed E-state index contributed by atoms with van der Waals surface area (Å²) in [6, 6.07) is 8.09. The molecule has 3 heterocycles. The SMILES string of the molecule is Cc1ccc(-c2csc(NC(=O)CCc3c(C)nc(N4CCOCC4)[nH]c3=O)n2)cc1. The van der Waals surface area contributed by atoms with Gasteiger partial charge in [0.2, 0.25) is 11.9 Å². The fourth-order valence-corrected chi connectivity index (χ4v) is 4.16. The van der Waals surface area contributed by atoms with Crippen LogP contribution >= 0.6 is 11.3 Å². The Morgan fingerprint density at radius 3 is 2.65 bits per heavy atom. The highest BCUT2D eigenvalue weighted by Gasteiger charge is 2.17. The first kappa shape index (κ1) is 21.2. The molecule has 1 saturated heterocycles. The van der Waals surface area contributed by atoms with E-state index >= 15 is 0 Å². The molecule has 1 aliphatic heterocycles. The molecule has 0 unspecified atom stereocenters. The molecular weight excluding hydrogens is 414 g/mol. The largest absolute Gasteiger partial charge is 0.378 e. The normalized spacial score (nSPS) is 13.9. The summed E-state index contributed by atoms with van der Waals surface area (Å²) in [5.41, 5.74) is 4.01. The van der Waals surface area contributed by atoms with E-state index in [1.54, 1.807) is 6.92 Å². The molecule has 0 radical (unpaired) electrons. The second-order valence-corrected chi connectivity index (χ2v) is 8.36. The number of thiazole rings is 1. The lowest BCUT2D eigenvalue weighted by Crippen LogP contribution is -2.38. The Bertz CT molecular complexity index is 1120. The maximum atomic E-state index is 12.6. The number of hydrogen-bond acceptors (Lipinski definition) is 7. The molecular formula is C22H25N5O3S. The maximum Gasteiger partial charge on any atom is 0.255 e. The maximum absolute atomic E-state index is 12.6. The minimum absolute atomic E-state index is 0.180. The molecule has 9 heteroatoms. The van der Waals surface area contributed by atoms with Crippen molar-refractivity contribution in [2.75, 3.05) is 36.5 Å². The van der Waals surface area contributed by atoms with E-state index in [1.165, 1.54) is 16.9 Å². The van der Waals surface area contributed by atoms with Gasteiger partial charge in [-0.25, -0.2) is 9.97 Å². The average Bonchev–Trinajstić information content (AvgIpc) is 3.22. The van der Waals surface area contributed by atoms with Gasteiger partial charge in [-0.1, -0.05) is 29.8 Å². The number of carbonyl (C=O) groups is 1. The number of nitrogens with zero attached hydrogens (tertiary/aromatic N) is 3. The zero-order valence-corrected chi connectivity index (χ0v) is 18.4. The van der Waals surface area contributed by atoms with E-state index in [0.29, 0.717) is 55.1 Å². The summed E-state index contributed by atoms with van der Waals surface area (Å²) >= 11 is 1.38. The number of rotatable bonds is 6. The van der Waals surface area contributed by atoms with E-state index in [0.717, 1.165) is 11.3 Å². The molecule has 3 aromatic rings. The van der Waals surface area contributed by atoms with E-state index in [-0.39, 0.29) is 17.9 Å². The van der Waals surface area contributed by atoms with Gasteiger partial charge in [0.05, 0.1) is 18.9 Å². The Labute approximate surface area is 184 Å². The molecule has 2 N–H and O–H groups in total. The second kappa shape index (κ2) is 9.40. The lowest BCUT2D eigenvalue weighted by Gasteiger charge is -2.27. The Morgan fingerprint density at radius 1 is 1.19 bits per heavy atom. The van der Waals surface area contributed by atoms with Gasteiger partial charge in [-0.05, 0) is 20.3 Å². The molecule has 1 aliphatic rings. The number of ether oxygens (including phenoxy) is 1. The van der Waals surface area contributed by atoms with Crippen molar-refractivity contribution in [2.45, 2.75) is 26.7 Å². The fourth-order valence-electron chi connectivity index (χ4n) is 3.42. The number of anilines is 2. The van der Waals surface area contributed by atoms with Gasteiger partial charge < -0.3 is 15.0 Å². The summed E-state index contributed by atoms with van der Waals surface area (Å²) in [6.45, 7) is 6.47. The summed E-state index contributed by atoms with van der Waals surface area (Å²) in [4.78, 5) is 38.9. The zero-order valence-electron chi connectivity index (χ0n) is 17.6. The molecule has 0 spiro atoms. The number of morpholine rings is 1. The summed E-state index contributed by atoms with van der Waals surface area (Å²) in [7, 11) is 0. The minimum atomic E-state index is -0.197. The predicted octanol–water partition coefficient (Wildman–Crippen LogP) is 2.92. The van der Waals surface area contributed by atoms with Crippen LogP contribution in [0.25, 0.3) is 11.3 Å². The summed E-state index contributed by atoms with van der Waals surface area (Å²) in [5, 5.41) is 5.30. The quantitative estimate of drug-likeness (QED) is 0.613. The van der Waals surface area contributed by atoms with Crippen LogP contribution in [0.3, 0.4) is 0 Å². The first-order chi connectivity index (χ1) is 15.0. The first-order valence-electron chi connectivity index (χ1n) is 10.2. The molecule has 162 valence electrons. The molecule has 1 amide bonds. The highest BCUT2D eigenvalue weighted by Crippen LogP contribution is 2.25. The van der Waals surface area contributed by atoms with Crippen molar-refractivity contribution < 1.29 is 9.53 Å². The molecule has 31 heavy (non-hydrogen) atoms. The lowest BCUT2D eigenvalue weighted by molar-refractivity contribution is -0.116. The highest BCUT2D eigenvalue weighted by molar-refractivity contribution is 7.14. The van der Waals surface area contributed by atoms with Crippen LogP contribution in [0.2, 0.25) is 0 Å². The highest BCUT2D eigenvalue weighted by atomic mass is 32.1. The molecule has 0 saturated carbocycles. The minimum Gasteiger partial charge on any atom is -0.378 e. The van der Waals surface area contributed by atoms with Gasteiger partial charge in [-0.2, -0.15) is 0 Å². The molecule has 0 bridgehead atoms. The standard InChI is InChI=1S/C22H25N5O3S/c1-14-3-5-16(6-4-14)18-13-31-22(24-18)25-19(28)8-7-17-15(2)23-21(26-20(17)29)27-9-11-30-12-10-27/h3-6,13H,7-12H2,1-2H3,(H,23,26,29)(H,24,25,28). The average molecular weight is 440 g/mol. The molecule has 2 aromatic heterocycles. The molecule has 0 atom stereocenters. The summed E-state index contributed by atoms with van der Waals surface area (Å²) in [5.74, 6) is 0.381. The number of carbonyl (C=O) groups excluding carboxylic acids is 1. The number of hydrogen-bond donors (Lipinski definition) is 2. The molecule has 4 rings (SSSR count). The van der Waals surface area contributed by atoms with Gasteiger partial charge in [-0.15, -0.1) is 11.3 Å². The monoisotopic (exact) mass is 439 g/mol. The van der Waals surface area contributed by atoms with Crippen LogP contribution in [-0.4, -0.2) is 47.2 Å².